The van der Waals surface area contributed by atoms with E-state index in [0.717, 1.165) is 0 Å². The van der Waals surface area contributed by atoms with E-state index in [1.807, 2.05) is 6.07 Å². The molecular weight excluding hydrogens is 418 g/mol. The molecule has 0 saturated carbocycles. The number of rotatable bonds is 6. The van der Waals surface area contributed by atoms with Crippen LogP contribution in [0.25, 0.3) is 0 Å². The van der Waals surface area contributed by atoms with E-state index in [1.54, 1.807) is 19.1 Å². The summed E-state index contributed by atoms with van der Waals surface area (Å²) < 4.78 is 5.45. The number of hydrogen-bond acceptors (Lipinski definition) is 9. The van der Waals surface area contributed by atoms with Crippen LogP contribution >= 0.6 is 0 Å². The summed E-state index contributed by atoms with van der Waals surface area (Å²) in [6.07, 6.45) is 0. The number of aromatic hydroxyl groups is 1. The molecule has 3 unspecified atom stereocenters. The number of nitrogens with zero attached hydrogens (tertiary/aromatic N) is 4. The second-order valence-corrected chi connectivity index (χ2v) is 7.36. The predicted octanol–water partition coefficient (Wildman–Crippen LogP) is 1.42. The number of nitro benzene ring substituents is 1. The summed E-state index contributed by atoms with van der Waals surface area (Å²) in [6.45, 7) is 1.73. The maximum atomic E-state index is 13.1. The molecule has 2 aromatic carbocycles. The van der Waals surface area contributed by atoms with Crippen molar-refractivity contribution in [1.29, 1.82) is 5.26 Å². The van der Waals surface area contributed by atoms with Crippen LogP contribution in [0.4, 0.5) is 5.69 Å². The Balaban J connectivity index is 1.85. The molecule has 3 N–H and O–H groups in total. The number of nitrogens with one attached hydrogen (secondary N) is 1. The van der Waals surface area contributed by atoms with Gasteiger partial charge in [0.1, 0.15) is 6.54 Å². The van der Waals surface area contributed by atoms with Gasteiger partial charge in [-0.3, -0.25) is 20.3 Å². The highest BCUT2D eigenvalue weighted by molar-refractivity contribution is 6.10. The first-order valence-corrected chi connectivity index (χ1v) is 9.77. The van der Waals surface area contributed by atoms with E-state index in [-0.39, 0.29) is 36.0 Å². The van der Waals surface area contributed by atoms with Gasteiger partial charge in [-0.05, 0) is 24.6 Å². The van der Waals surface area contributed by atoms with Gasteiger partial charge in [-0.2, -0.15) is 10.4 Å². The molecule has 2 aliphatic rings. The van der Waals surface area contributed by atoms with Crippen LogP contribution in [0.5, 0.6) is 11.5 Å². The number of hydrogen-bond donors (Lipinski definition) is 3. The topological polar surface area (TPSA) is 161 Å². The van der Waals surface area contributed by atoms with Crippen LogP contribution in [-0.2, 0) is 4.79 Å². The zero-order valence-corrected chi connectivity index (χ0v) is 16.9. The van der Waals surface area contributed by atoms with Gasteiger partial charge in [-0.25, -0.2) is 0 Å². The molecule has 11 heteroatoms. The number of non-ortho nitro benzene ring substituents is 1. The lowest BCUT2D eigenvalue weighted by molar-refractivity contribution is -0.384. The number of fused-ring (bicyclic) bond motifs is 1. The predicted molar refractivity (Wildman–Crippen MR) is 111 cm³/mol. The summed E-state index contributed by atoms with van der Waals surface area (Å²) in [5, 5.41) is 46.0. The Kier molecular flexibility index (Phi) is 5.15. The van der Waals surface area contributed by atoms with Crippen LogP contribution < -0.4 is 10.2 Å². The number of aliphatic hydroxyl groups is 1. The number of carbonyl (C=O) groups excluding carboxylic acids is 1. The van der Waals surface area contributed by atoms with E-state index in [4.69, 9.17) is 4.74 Å². The molecule has 11 nitrogen and oxygen atoms in total. The lowest BCUT2D eigenvalue weighted by Gasteiger charge is -2.27. The molecule has 0 radical (unpaired) electrons. The monoisotopic (exact) mass is 437 g/mol. The van der Waals surface area contributed by atoms with Gasteiger partial charge in [0, 0.05) is 17.7 Å². The molecule has 1 amide bonds. The molecule has 164 valence electrons. The highest BCUT2D eigenvalue weighted by Gasteiger charge is 2.64. The van der Waals surface area contributed by atoms with Crippen LogP contribution in [0.1, 0.15) is 24.1 Å². The Labute approximate surface area is 182 Å². The van der Waals surface area contributed by atoms with Crippen LogP contribution in [0.3, 0.4) is 0 Å². The van der Waals surface area contributed by atoms with E-state index in [9.17, 15) is 30.4 Å². The van der Waals surface area contributed by atoms with Crippen LogP contribution in [0.15, 0.2) is 47.6 Å². The first kappa shape index (κ1) is 21.1. The Morgan fingerprint density at radius 1 is 1.38 bits per heavy atom. The number of ether oxygens (including phenoxy) is 1. The maximum absolute atomic E-state index is 13.1. The van der Waals surface area contributed by atoms with Crippen molar-refractivity contribution in [2.75, 3.05) is 13.2 Å². The standard InChI is InChI=1S/C21H19N5O6/c1-2-32-16-11-13(6-7-15(16)27)19-17-18(12-4-3-5-14(10-12)26(30)31)23-24-21(17,29)20(28)25(19)9-8-22/h3-7,10-11,17,19,24,27,29H,2,9H2,1H3. The van der Waals surface area contributed by atoms with Crippen molar-refractivity contribution in [2.24, 2.45) is 11.0 Å². The van der Waals surface area contributed by atoms with Gasteiger partial charge in [0.2, 0.25) is 5.72 Å². The average molecular weight is 437 g/mol. The number of likely N-dealkylation sites (tertiary alicyclic amines) is 1. The van der Waals surface area contributed by atoms with Gasteiger partial charge >= 0.3 is 0 Å². The molecule has 32 heavy (non-hydrogen) atoms. The number of benzene rings is 2. The number of phenolic OH excluding ortho intramolecular Hbond substituents is 1. The van der Waals surface area contributed by atoms with Crippen molar-refractivity contribution >= 4 is 17.3 Å². The molecule has 0 spiro atoms. The molecule has 2 aliphatic heterocycles. The van der Waals surface area contributed by atoms with E-state index in [1.165, 1.54) is 35.2 Å². The summed E-state index contributed by atoms with van der Waals surface area (Å²) in [6, 6.07) is 11.3. The molecule has 0 aliphatic carbocycles. The Morgan fingerprint density at radius 2 is 2.16 bits per heavy atom. The first-order valence-electron chi connectivity index (χ1n) is 9.77. The fraction of sp³-hybridized carbons (Fsp3) is 0.286. The van der Waals surface area contributed by atoms with Gasteiger partial charge in [0.25, 0.3) is 11.6 Å². The minimum absolute atomic E-state index is 0.0980. The minimum Gasteiger partial charge on any atom is -0.504 e. The minimum atomic E-state index is -2.13. The second kappa shape index (κ2) is 7.82. The van der Waals surface area contributed by atoms with E-state index >= 15 is 0 Å². The van der Waals surface area contributed by atoms with Crippen LogP contribution in [0, 0.1) is 27.4 Å². The summed E-state index contributed by atoms with van der Waals surface area (Å²) >= 11 is 0. The van der Waals surface area contributed by atoms with Crippen molar-refractivity contribution in [3.05, 3.63) is 63.7 Å². The van der Waals surface area contributed by atoms with Crippen molar-refractivity contribution in [1.82, 2.24) is 10.3 Å². The second-order valence-electron chi connectivity index (χ2n) is 7.36. The van der Waals surface area contributed by atoms with Gasteiger partial charge < -0.3 is 19.8 Å². The fourth-order valence-electron chi connectivity index (χ4n) is 4.19. The van der Waals surface area contributed by atoms with Crippen molar-refractivity contribution in [3.63, 3.8) is 0 Å². The number of hydrazone groups is 1. The summed E-state index contributed by atoms with van der Waals surface area (Å²) in [5.41, 5.74) is 1.26. The maximum Gasteiger partial charge on any atom is 0.279 e. The molecule has 3 atom stereocenters. The van der Waals surface area contributed by atoms with E-state index in [2.05, 4.69) is 10.5 Å². The highest BCUT2D eigenvalue weighted by atomic mass is 16.6. The van der Waals surface area contributed by atoms with Gasteiger partial charge in [0.05, 0.1) is 35.3 Å². The third kappa shape index (κ3) is 3.17. The van der Waals surface area contributed by atoms with Crippen LogP contribution in [0.2, 0.25) is 0 Å². The molecule has 0 bridgehead atoms. The summed E-state index contributed by atoms with van der Waals surface area (Å²) in [7, 11) is 0. The number of nitro groups is 1. The smallest absolute Gasteiger partial charge is 0.279 e. The number of phenols is 1. The average Bonchev–Trinajstić information content (AvgIpc) is 3.22. The van der Waals surface area contributed by atoms with E-state index < -0.39 is 28.5 Å². The first-order chi connectivity index (χ1) is 15.3. The molecule has 1 fully saturated rings. The third-order valence-electron chi connectivity index (χ3n) is 5.55. The molecule has 1 saturated heterocycles. The SMILES string of the molecule is CCOc1cc(C2C3C(c4cccc([N+](=O)[O-])c4)=NNC3(O)C(=O)N2CC#N)ccc1O. The highest BCUT2D eigenvalue weighted by Crippen LogP contribution is 2.48. The normalized spacial score (nSPS) is 23.8. The molecule has 2 aromatic rings. The van der Waals surface area contributed by atoms with Crippen molar-refractivity contribution < 1.29 is 24.7 Å². The lowest BCUT2D eigenvalue weighted by Crippen LogP contribution is -2.51. The Bertz CT molecular complexity index is 1180. The largest absolute Gasteiger partial charge is 0.504 e. The zero-order chi connectivity index (χ0) is 23.0. The number of nitriles is 1. The van der Waals surface area contributed by atoms with Crippen LogP contribution in [-0.4, -0.2) is 50.5 Å². The van der Waals surface area contributed by atoms with E-state index in [0.29, 0.717) is 11.1 Å². The van der Waals surface area contributed by atoms with Gasteiger partial charge in [-0.1, -0.05) is 18.2 Å². The Hall–Kier alpha value is -4.17. The van der Waals surface area contributed by atoms with Crippen molar-refractivity contribution in [2.45, 2.75) is 18.7 Å². The van der Waals surface area contributed by atoms with Gasteiger partial charge in [-0.15, -0.1) is 0 Å². The molecule has 2 heterocycles. The molecule has 4 rings (SSSR count). The number of amides is 1. The summed E-state index contributed by atoms with van der Waals surface area (Å²) in [5.74, 6) is -1.64. The lowest BCUT2D eigenvalue weighted by atomic mass is 9.83. The molecular formula is C21H19N5O6. The summed E-state index contributed by atoms with van der Waals surface area (Å²) in [4.78, 5) is 25.0. The fourth-order valence-corrected chi connectivity index (χ4v) is 4.19. The Morgan fingerprint density at radius 3 is 2.84 bits per heavy atom. The van der Waals surface area contributed by atoms with Crippen molar-refractivity contribution in [3.8, 4) is 17.6 Å². The molecule has 0 aromatic heterocycles. The quantitative estimate of drug-likeness (QED) is 0.347. The zero-order valence-electron chi connectivity index (χ0n) is 16.9. The van der Waals surface area contributed by atoms with Gasteiger partial charge in [0.15, 0.2) is 11.5 Å². The third-order valence-corrected chi connectivity index (χ3v) is 5.55. The number of carbonyl (C=O) groups is 1.